The highest BCUT2D eigenvalue weighted by Gasteiger charge is 1.98. The van der Waals surface area contributed by atoms with Crippen molar-refractivity contribution in [1.82, 2.24) is 15.0 Å². The fourth-order valence-corrected chi connectivity index (χ4v) is 0.995. The second-order valence-electron chi connectivity index (χ2n) is 2.31. The van der Waals surface area contributed by atoms with Crippen LogP contribution in [0.25, 0.3) is 11.0 Å². The summed E-state index contributed by atoms with van der Waals surface area (Å²) in [5, 5.41) is 8.49. The van der Waals surface area contributed by atoms with Crippen molar-refractivity contribution in [3.8, 4) is 6.07 Å². The third-order valence-corrected chi connectivity index (χ3v) is 1.51. The Morgan fingerprint density at radius 3 is 2.92 bits per heavy atom. The zero-order valence-electron chi connectivity index (χ0n) is 5.96. The van der Waals surface area contributed by atoms with Crippen LogP contribution in [0.2, 0.25) is 0 Å². The monoisotopic (exact) mass is 160 g/mol. The Hall–Kier alpha value is -2.09. The summed E-state index contributed by atoms with van der Waals surface area (Å²) in [5.41, 5.74) is 1.21. The lowest BCUT2D eigenvalue weighted by atomic mass is 10.3. The Kier molecular flexibility index (Phi) is 1.21. The highest BCUT2D eigenvalue weighted by Crippen LogP contribution is 2.05. The average Bonchev–Trinajstić information content (AvgIpc) is 2.43. The SMILES string of the molecule is N#Cc1cc2[nH]c(=O)[nH]c2cn1. The molecule has 5 heteroatoms. The fraction of sp³-hybridized carbons (Fsp3) is 0. The summed E-state index contributed by atoms with van der Waals surface area (Å²) in [7, 11) is 0. The molecule has 0 unspecified atom stereocenters. The molecule has 5 nitrogen and oxygen atoms in total. The van der Waals surface area contributed by atoms with Gasteiger partial charge in [0.05, 0.1) is 17.2 Å². The van der Waals surface area contributed by atoms with E-state index in [1.54, 1.807) is 0 Å². The number of imidazole rings is 1. The number of nitrogens with one attached hydrogen (secondary N) is 2. The van der Waals surface area contributed by atoms with E-state index in [0.29, 0.717) is 11.0 Å². The molecule has 0 aromatic carbocycles. The van der Waals surface area contributed by atoms with Gasteiger partial charge in [-0.25, -0.2) is 9.78 Å². The molecule has 0 amide bonds. The van der Waals surface area contributed by atoms with Gasteiger partial charge in [-0.15, -0.1) is 0 Å². The van der Waals surface area contributed by atoms with E-state index in [4.69, 9.17) is 5.26 Å². The van der Waals surface area contributed by atoms with Crippen LogP contribution in [0.5, 0.6) is 0 Å². The van der Waals surface area contributed by atoms with E-state index < -0.39 is 0 Å². The van der Waals surface area contributed by atoms with Gasteiger partial charge < -0.3 is 9.97 Å². The minimum atomic E-state index is -0.290. The Morgan fingerprint density at radius 2 is 2.17 bits per heavy atom. The van der Waals surface area contributed by atoms with Crippen molar-refractivity contribution in [2.75, 3.05) is 0 Å². The molecule has 2 heterocycles. The van der Waals surface area contributed by atoms with Gasteiger partial charge in [-0.2, -0.15) is 5.26 Å². The summed E-state index contributed by atoms with van der Waals surface area (Å²) in [6.45, 7) is 0. The fourth-order valence-electron chi connectivity index (χ4n) is 0.995. The number of pyridine rings is 1. The van der Waals surface area contributed by atoms with Crippen LogP contribution in [0.1, 0.15) is 5.69 Å². The van der Waals surface area contributed by atoms with Crippen molar-refractivity contribution < 1.29 is 0 Å². The van der Waals surface area contributed by atoms with E-state index in [-0.39, 0.29) is 11.4 Å². The number of fused-ring (bicyclic) bond motifs is 1. The van der Waals surface area contributed by atoms with Gasteiger partial charge in [0.1, 0.15) is 11.8 Å². The van der Waals surface area contributed by atoms with Crippen LogP contribution in [0, 0.1) is 11.3 Å². The van der Waals surface area contributed by atoms with Gasteiger partial charge >= 0.3 is 5.69 Å². The maximum Gasteiger partial charge on any atom is 0.323 e. The number of aromatic nitrogens is 3. The first-order valence-electron chi connectivity index (χ1n) is 3.28. The number of nitrogens with zero attached hydrogens (tertiary/aromatic N) is 2. The number of hydrogen-bond acceptors (Lipinski definition) is 3. The molecule has 2 aromatic rings. The standard InChI is InChI=1S/C7H4N4O/c8-2-4-1-5-6(3-9-4)11-7(12)10-5/h1,3H,(H2,10,11,12). The number of aromatic amines is 2. The van der Waals surface area contributed by atoms with Gasteiger partial charge in [-0.3, -0.25) is 0 Å². The van der Waals surface area contributed by atoms with E-state index in [1.807, 2.05) is 6.07 Å². The molecular weight excluding hydrogens is 156 g/mol. The number of nitriles is 1. The van der Waals surface area contributed by atoms with E-state index in [0.717, 1.165) is 0 Å². The summed E-state index contributed by atoms with van der Waals surface area (Å²) in [4.78, 5) is 19.6. The third kappa shape index (κ3) is 0.864. The van der Waals surface area contributed by atoms with Gasteiger partial charge in [0, 0.05) is 6.07 Å². The van der Waals surface area contributed by atoms with Crippen LogP contribution in [0.3, 0.4) is 0 Å². The van der Waals surface area contributed by atoms with E-state index in [9.17, 15) is 4.79 Å². The first kappa shape index (κ1) is 6.61. The van der Waals surface area contributed by atoms with Crippen LogP contribution in [0.4, 0.5) is 0 Å². The predicted octanol–water partition coefficient (Wildman–Crippen LogP) is 0.123. The summed E-state index contributed by atoms with van der Waals surface area (Å²) >= 11 is 0. The van der Waals surface area contributed by atoms with Crippen LogP contribution in [-0.4, -0.2) is 15.0 Å². The van der Waals surface area contributed by atoms with Gasteiger partial charge in [0.2, 0.25) is 0 Å². The summed E-state index contributed by atoms with van der Waals surface area (Å²) < 4.78 is 0. The first-order chi connectivity index (χ1) is 5.79. The Morgan fingerprint density at radius 1 is 1.42 bits per heavy atom. The van der Waals surface area contributed by atoms with Gasteiger partial charge in [0.25, 0.3) is 0 Å². The van der Waals surface area contributed by atoms with E-state index in [1.165, 1.54) is 12.3 Å². The topological polar surface area (TPSA) is 85.3 Å². The molecule has 2 aromatic heterocycles. The van der Waals surface area contributed by atoms with Crippen molar-refractivity contribution in [1.29, 1.82) is 5.26 Å². The maximum atomic E-state index is 10.8. The largest absolute Gasteiger partial charge is 0.323 e. The van der Waals surface area contributed by atoms with Crippen LogP contribution >= 0.6 is 0 Å². The minimum Gasteiger partial charge on any atom is -0.306 e. The average molecular weight is 160 g/mol. The molecule has 0 radical (unpaired) electrons. The molecule has 0 spiro atoms. The molecule has 58 valence electrons. The van der Waals surface area contributed by atoms with Gasteiger partial charge in [-0.05, 0) is 0 Å². The van der Waals surface area contributed by atoms with Crippen molar-refractivity contribution in [2.24, 2.45) is 0 Å². The Balaban J connectivity index is 2.85. The molecule has 0 saturated carbocycles. The lowest BCUT2D eigenvalue weighted by Crippen LogP contribution is -1.99. The molecule has 0 atom stereocenters. The molecule has 2 rings (SSSR count). The number of H-pyrrole nitrogens is 2. The van der Waals surface area contributed by atoms with Crippen LogP contribution < -0.4 is 5.69 Å². The lowest BCUT2D eigenvalue weighted by Gasteiger charge is -1.86. The normalized spacial score (nSPS) is 9.92. The Labute approximate surface area is 66.7 Å². The highest BCUT2D eigenvalue weighted by molar-refractivity contribution is 5.74. The third-order valence-electron chi connectivity index (χ3n) is 1.51. The number of rotatable bonds is 0. The molecule has 0 aliphatic carbocycles. The summed E-state index contributed by atoms with van der Waals surface area (Å²) in [6, 6.07) is 3.40. The second-order valence-corrected chi connectivity index (χ2v) is 2.31. The summed E-state index contributed by atoms with van der Waals surface area (Å²) in [6.07, 6.45) is 1.45. The maximum absolute atomic E-state index is 10.8. The van der Waals surface area contributed by atoms with E-state index >= 15 is 0 Å². The molecule has 0 aliphatic heterocycles. The van der Waals surface area contributed by atoms with Crippen LogP contribution in [-0.2, 0) is 0 Å². The molecular formula is C7H4N4O. The van der Waals surface area contributed by atoms with E-state index in [2.05, 4.69) is 15.0 Å². The molecule has 2 N–H and O–H groups in total. The van der Waals surface area contributed by atoms with Gasteiger partial charge in [-0.1, -0.05) is 0 Å². The molecule has 0 aliphatic rings. The van der Waals surface area contributed by atoms with Gasteiger partial charge in [0.15, 0.2) is 0 Å². The minimum absolute atomic E-state index is 0.290. The predicted molar refractivity (Wildman–Crippen MR) is 41.4 cm³/mol. The molecule has 0 fully saturated rings. The molecule has 0 saturated heterocycles. The molecule has 12 heavy (non-hydrogen) atoms. The summed E-state index contributed by atoms with van der Waals surface area (Å²) in [5.74, 6) is 0. The van der Waals surface area contributed by atoms with Crippen molar-refractivity contribution in [3.05, 3.63) is 28.4 Å². The van der Waals surface area contributed by atoms with Crippen molar-refractivity contribution >= 4 is 11.0 Å². The smallest absolute Gasteiger partial charge is 0.306 e. The van der Waals surface area contributed by atoms with Crippen LogP contribution in [0.15, 0.2) is 17.1 Å². The quantitative estimate of drug-likeness (QED) is 0.574. The van der Waals surface area contributed by atoms with Crippen molar-refractivity contribution in [3.63, 3.8) is 0 Å². The zero-order chi connectivity index (χ0) is 8.55. The lowest BCUT2D eigenvalue weighted by molar-refractivity contribution is 1.21. The number of hydrogen-bond donors (Lipinski definition) is 2. The Bertz CT molecular complexity index is 516. The van der Waals surface area contributed by atoms with Crippen molar-refractivity contribution in [2.45, 2.75) is 0 Å². The zero-order valence-corrected chi connectivity index (χ0v) is 5.96. The highest BCUT2D eigenvalue weighted by atomic mass is 16.1. The second kappa shape index (κ2) is 2.20. The first-order valence-corrected chi connectivity index (χ1v) is 3.28. The molecule has 0 bridgehead atoms.